The first-order valence-electron chi connectivity index (χ1n) is 15.5. The third-order valence-corrected chi connectivity index (χ3v) is 8.88. The molecule has 0 fully saturated rings. The van der Waals surface area contributed by atoms with Gasteiger partial charge in [-0.3, -0.25) is 0 Å². The summed E-state index contributed by atoms with van der Waals surface area (Å²) in [6.07, 6.45) is 0. The summed E-state index contributed by atoms with van der Waals surface area (Å²) >= 11 is 0. The second-order valence-corrected chi connectivity index (χ2v) is 11.6. The van der Waals surface area contributed by atoms with E-state index < -0.39 is 0 Å². The SMILES string of the molecule is c1ccc(-c2ccccc2-c2ccc3c(c2)c2ccccc2n3-c2ccc(-c3ccc(-c4nc5ccccc5o4)cc3)cc2)cc1. The van der Waals surface area contributed by atoms with Gasteiger partial charge in [0.15, 0.2) is 5.58 Å². The lowest BCUT2D eigenvalue weighted by Crippen LogP contribution is -1.94. The fourth-order valence-electron chi connectivity index (χ4n) is 6.63. The normalized spacial score (nSPS) is 11.5. The summed E-state index contributed by atoms with van der Waals surface area (Å²) in [7, 11) is 0. The van der Waals surface area contributed by atoms with Crippen LogP contribution >= 0.6 is 0 Å². The summed E-state index contributed by atoms with van der Waals surface area (Å²) in [5.74, 6) is 0.640. The zero-order valence-electron chi connectivity index (χ0n) is 25.0. The number of nitrogens with zero attached hydrogens (tertiary/aromatic N) is 2. The Labute approximate surface area is 266 Å². The maximum absolute atomic E-state index is 5.97. The molecule has 7 aromatic carbocycles. The van der Waals surface area contributed by atoms with Gasteiger partial charge in [0.25, 0.3) is 0 Å². The molecule has 0 aliphatic carbocycles. The summed E-state index contributed by atoms with van der Waals surface area (Å²) < 4.78 is 8.34. The van der Waals surface area contributed by atoms with Crippen LogP contribution in [0.3, 0.4) is 0 Å². The van der Waals surface area contributed by atoms with E-state index in [0.717, 1.165) is 33.5 Å². The van der Waals surface area contributed by atoms with Crippen LogP contribution in [0.15, 0.2) is 174 Å². The Morgan fingerprint density at radius 3 is 1.78 bits per heavy atom. The maximum Gasteiger partial charge on any atom is 0.227 e. The molecule has 216 valence electrons. The van der Waals surface area contributed by atoms with Crippen molar-refractivity contribution in [2.24, 2.45) is 0 Å². The molecule has 0 amide bonds. The summed E-state index contributed by atoms with van der Waals surface area (Å²) in [5.41, 5.74) is 13.4. The zero-order chi connectivity index (χ0) is 30.5. The average Bonchev–Trinajstić information content (AvgIpc) is 3.72. The highest BCUT2D eigenvalue weighted by molar-refractivity contribution is 6.10. The minimum absolute atomic E-state index is 0.640. The van der Waals surface area contributed by atoms with Gasteiger partial charge in [0.1, 0.15) is 5.52 Å². The maximum atomic E-state index is 5.97. The van der Waals surface area contributed by atoms with Crippen LogP contribution in [-0.4, -0.2) is 9.55 Å². The van der Waals surface area contributed by atoms with E-state index in [0.29, 0.717) is 5.89 Å². The van der Waals surface area contributed by atoms with E-state index in [4.69, 9.17) is 4.42 Å². The lowest BCUT2D eigenvalue weighted by molar-refractivity contribution is 0.620. The predicted octanol–water partition coefficient (Wildman–Crippen LogP) is 11.6. The van der Waals surface area contributed by atoms with Gasteiger partial charge in [-0.25, -0.2) is 4.98 Å². The van der Waals surface area contributed by atoms with Gasteiger partial charge in [-0.1, -0.05) is 115 Å². The highest BCUT2D eigenvalue weighted by Crippen LogP contribution is 2.38. The number of fused-ring (bicyclic) bond motifs is 4. The molecule has 0 radical (unpaired) electrons. The first-order chi connectivity index (χ1) is 22.8. The zero-order valence-corrected chi connectivity index (χ0v) is 25.0. The number of hydrogen-bond donors (Lipinski definition) is 0. The van der Waals surface area contributed by atoms with Gasteiger partial charge >= 0.3 is 0 Å². The molecule has 0 atom stereocenters. The molecule has 9 aromatic rings. The van der Waals surface area contributed by atoms with Crippen LogP contribution < -0.4 is 0 Å². The van der Waals surface area contributed by atoms with Gasteiger partial charge in [0, 0.05) is 22.0 Å². The van der Waals surface area contributed by atoms with Crippen molar-refractivity contribution in [3.63, 3.8) is 0 Å². The molecule has 0 aliphatic heterocycles. The Balaban J connectivity index is 1.08. The van der Waals surface area contributed by atoms with Crippen LogP contribution in [0, 0.1) is 0 Å². The summed E-state index contributed by atoms with van der Waals surface area (Å²) in [4.78, 5) is 4.65. The van der Waals surface area contributed by atoms with E-state index >= 15 is 0 Å². The van der Waals surface area contributed by atoms with Gasteiger partial charge in [-0.2, -0.15) is 0 Å². The summed E-state index contributed by atoms with van der Waals surface area (Å²) in [5, 5.41) is 2.49. The summed E-state index contributed by atoms with van der Waals surface area (Å²) in [6, 6.07) is 60.0. The van der Waals surface area contributed by atoms with Gasteiger partial charge in [-0.15, -0.1) is 0 Å². The van der Waals surface area contributed by atoms with Crippen molar-refractivity contribution < 1.29 is 4.42 Å². The lowest BCUT2D eigenvalue weighted by Gasteiger charge is -2.12. The van der Waals surface area contributed by atoms with E-state index in [2.05, 4.69) is 155 Å². The Hall–Kier alpha value is -6.19. The molecule has 0 saturated carbocycles. The highest BCUT2D eigenvalue weighted by Gasteiger charge is 2.15. The number of oxazole rings is 1. The van der Waals surface area contributed by atoms with E-state index in [1.54, 1.807) is 0 Å². The monoisotopic (exact) mass is 588 g/mol. The number of benzene rings is 7. The van der Waals surface area contributed by atoms with Crippen molar-refractivity contribution in [1.29, 1.82) is 0 Å². The van der Waals surface area contributed by atoms with E-state index in [1.165, 1.54) is 44.1 Å². The fourth-order valence-corrected chi connectivity index (χ4v) is 6.63. The second-order valence-electron chi connectivity index (χ2n) is 11.6. The number of para-hydroxylation sites is 3. The van der Waals surface area contributed by atoms with Crippen LogP contribution in [0.4, 0.5) is 0 Å². The van der Waals surface area contributed by atoms with Crippen LogP contribution in [0.1, 0.15) is 0 Å². The van der Waals surface area contributed by atoms with Crippen molar-refractivity contribution in [3.8, 4) is 50.5 Å². The van der Waals surface area contributed by atoms with Crippen molar-refractivity contribution in [2.45, 2.75) is 0 Å². The minimum Gasteiger partial charge on any atom is -0.436 e. The average molecular weight is 589 g/mol. The Morgan fingerprint density at radius 1 is 0.413 bits per heavy atom. The predicted molar refractivity (Wildman–Crippen MR) is 190 cm³/mol. The summed E-state index contributed by atoms with van der Waals surface area (Å²) in [6.45, 7) is 0. The van der Waals surface area contributed by atoms with Gasteiger partial charge in [-0.05, 0) is 88.0 Å². The van der Waals surface area contributed by atoms with Crippen molar-refractivity contribution in [1.82, 2.24) is 9.55 Å². The molecule has 0 aliphatic rings. The molecule has 0 spiro atoms. The molecule has 0 bridgehead atoms. The van der Waals surface area contributed by atoms with Gasteiger partial charge < -0.3 is 8.98 Å². The van der Waals surface area contributed by atoms with Crippen LogP contribution in [0.25, 0.3) is 83.4 Å². The standard InChI is InChI=1S/C43H28N2O/c1-2-10-31(11-3-1)35-12-4-5-13-36(35)33-24-27-41-38(28-33)37-14-6-8-16-40(37)45(41)34-25-22-30(23-26-34)29-18-20-32(21-19-29)43-44-39-15-7-9-17-42(39)46-43/h1-28H. The Morgan fingerprint density at radius 2 is 1.00 bits per heavy atom. The third kappa shape index (κ3) is 4.41. The molecule has 2 aromatic heterocycles. The van der Waals surface area contributed by atoms with Crippen molar-refractivity contribution >= 4 is 32.9 Å². The van der Waals surface area contributed by atoms with Gasteiger partial charge in [0.05, 0.1) is 11.0 Å². The van der Waals surface area contributed by atoms with E-state index in [9.17, 15) is 0 Å². The van der Waals surface area contributed by atoms with Crippen LogP contribution in [-0.2, 0) is 0 Å². The molecule has 0 unspecified atom stereocenters. The first-order valence-corrected chi connectivity index (χ1v) is 15.5. The Bertz CT molecular complexity index is 2470. The third-order valence-electron chi connectivity index (χ3n) is 8.88. The molecule has 0 saturated heterocycles. The molecule has 3 heteroatoms. The first kappa shape index (κ1) is 26.2. The highest BCUT2D eigenvalue weighted by atomic mass is 16.3. The largest absolute Gasteiger partial charge is 0.436 e. The van der Waals surface area contributed by atoms with Crippen LogP contribution in [0.2, 0.25) is 0 Å². The molecule has 2 heterocycles. The molecule has 9 rings (SSSR count). The molecule has 46 heavy (non-hydrogen) atoms. The molecular formula is C43H28N2O. The van der Waals surface area contributed by atoms with Crippen molar-refractivity contribution in [2.75, 3.05) is 0 Å². The van der Waals surface area contributed by atoms with E-state index in [-0.39, 0.29) is 0 Å². The molecular weight excluding hydrogens is 560 g/mol. The second kappa shape index (κ2) is 10.8. The lowest BCUT2D eigenvalue weighted by atomic mass is 9.94. The van der Waals surface area contributed by atoms with Gasteiger partial charge in [0.2, 0.25) is 5.89 Å². The smallest absolute Gasteiger partial charge is 0.227 e. The quantitative estimate of drug-likeness (QED) is 0.200. The molecule has 0 N–H and O–H groups in total. The van der Waals surface area contributed by atoms with Crippen LogP contribution in [0.5, 0.6) is 0 Å². The number of rotatable bonds is 5. The topological polar surface area (TPSA) is 31.0 Å². The number of aromatic nitrogens is 2. The van der Waals surface area contributed by atoms with Crippen molar-refractivity contribution in [3.05, 3.63) is 170 Å². The fraction of sp³-hybridized carbons (Fsp3) is 0. The Kier molecular flexibility index (Phi) is 6.14. The molecule has 3 nitrogen and oxygen atoms in total. The number of hydrogen-bond acceptors (Lipinski definition) is 2. The minimum atomic E-state index is 0.640. The van der Waals surface area contributed by atoms with E-state index in [1.807, 2.05) is 24.3 Å².